The van der Waals surface area contributed by atoms with Crippen molar-refractivity contribution in [3.63, 3.8) is 0 Å². The third-order valence-corrected chi connectivity index (χ3v) is 4.60. The van der Waals surface area contributed by atoms with Crippen LogP contribution >= 0.6 is 22.9 Å². The summed E-state index contributed by atoms with van der Waals surface area (Å²) < 4.78 is 0.336. The smallest absolute Gasteiger partial charge is 0.284 e. The van der Waals surface area contributed by atoms with Gasteiger partial charge in [0.05, 0.1) is 0 Å². The fourth-order valence-electron chi connectivity index (χ4n) is 2.83. The van der Waals surface area contributed by atoms with Gasteiger partial charge in [0.25, 0.3) is 5.91 Å². The molecule has 0 radical (unpaired) electrons. The molecule has 3 rings (SSSR count). The van der Waals surface area contributed by atoms with E-state index < -0.39 is 0 Å². The largest absolute Gasteiger partial charge is 0.336 e. The van der Waals surface area contributed by atoms with E-state index >= 15 is 0 Å². The van der Waals surface area contributed by atoms with Gasteiger partial charge in [0, 0.05) is 13.1 Å². The molecule has 4 nitrogen and oxygen atoms in total. The Balaban J connectivity index is 1.73. The van der Waals surface area contributed by atoms with E-state index in [9.17, 15) is 4.79 Å². The summed E-state index contributed by atoms with van der Waals surface area (Å²) in [6.45, 7) is 1.78. The van der Waals surface area contributed by atoms with Gasteiger partial charge >= 0.3 is 0 Å². The summed E-state index contributed by atoms with van der Waals surface area (Å²) in [6, 6.07) is 0. The van der Waals surface area contributed by atoms with Crippen molar-refractivity contribution in [3.8, 4) is 0 Å². The fourth-order valence-corrected chi connectivity index (χ4v) is 3.62. The number of carbonyl (C=O) groups is 1. The molecule has 0 bridgehead atoms. The molecule has 1 amide bonds. The van der Waals surface area contributed by atoms with E-state index in [0.717, 1.165) is 24.4 Å². The number of hydrogen-bond donors (Lipinski definition) is 0. The second-order valence-corrected chi connectivity index (χ2v) is 6.08. The molecule has 2 fully saturated rings. The van der Waals surface area contributed by atoms with Crippen molar-refractivity contribution in [2.24, 2.45) is 11.8 Å². The van der Waals surface area contributed by atoms with E-state index in [2.05, 4.69) is 10.2 Å². The topological polar surface area (TPSA) is 46.1 Å². The van der Waals surface area contributed by atoms with Crippen molar-refractivity contribution in [2.75, 3.05) is 13.1 Å². The first-order valence-electron chi connectivity index (χ1n) is 5.52. The SMILES string of the molecule is O=C(c1nnc(Cl)s1)N1CC2CCCC2C1. The maximum Gasteiger partial charge on any atom is 0.284 e. The normalized spacial score (nSPS) is 28.4. The number of halogens is 1. The van der Waals surface area contributed by atoms with Crippen LogP contribution in [0.1, 0.15) is 29.1 Å². The molecule has 1 aliphatic heterocycles. The van der Waals surface area contributed by atoms with Crippen molar-refractivity contribution in [1.29, 1.82) is 0 Å². The highest BCUT2D eigenvalue weighted by atomic mass is 35.5. The first-order valence-corrected chi connectivity index (χ1v) is 6.72. The van der Waals surface area contributed by atoms with Crippen LogP contribution in [0.2, 0.25) is 4.47 Å². The van der Waals surface area contributed by atoms with E-state index in [1.54, 1.807) is 0 Å². The van der Waals surface area contributed by atoms with Gasteiger partial charge in [0.2, 0.25) is 9.47 Å². The number of fused-ring (bicyclic) bond motifs is 1. The molecule has 1 saturated heterocycles. The molecule has 0 aromatic carbocycles. The molecule has 1 aliphatic carbocycles. The Morgan fingerprint density at radius 2 is 2.00 bits per heavy atom. The Labute approximate surface area is 103 Å². The second-order valence-electron chi connectivity index (χ2n) is 4.52. The maximum absolute atomic E-state index is 12.1. The van der Waals surface area contributed by atoms with Gasteiger partial charge in [-0.2, -0.15) is 0 Å². The molecule has 1 aromatic rings. The maximum atomic E-state index is 12.1. The lowest BCUT2D eigenvalue weighted by Gasteiger charge is -2.14. The molecular weight excluding hydrogens is 246 g/mol. The average Bonchev–Trinajstić information content (AvgIpc) is 2.89. The first kappa shape index (κ1) is 10.5. The molecule has 6 heteroatoms. The average molecular weight is 258 g/mol. The van der Waals surface area contributed by atoms with Crippen LogP contribution in [0.5, 0.6) is 0 Å². The van der Waals surface area contributed by atoms with Crippen molar-refractivity contribution in [3.05, 3.63) is 9.47 Å². The van der Waals surface area contributed by atoms with Gasteiger partial charge in [-0.25, -0.2) is 0 Å². The van der Waals surface area contributed by atoms with Gasteiger partial charge in [-0.15, -0.1) is 10.2 Å². The zero-order chi connectivity index (χ0) is 11.1. The Bertz CT molecular complexity index is 410. The number of carbonyl (C=O) groups excluding carboxylic acids is 1. The minimum absolute atomic E-state index is 0.00111. The fraction of sp³-hybridized carbons (Fsp3) is 0.700. The van der Waals surface area contributed by atoms with Gasteiger partial charge < -0.3 is 4.90 Å². The number of rotatable bonds is 1. The summed E-state index contributed by atoms with van der Waals surface area (Å²) in [4.78, 5) is 14.0. The number of likely N-dealkylation sites (tertiary alicyclic amines) is 1. The minimum Gasteiger partial charge on any atom is -0.336 e. The van der Waals surface area contributed by atoms with E-state index in [0.29, 0.717) is 21.3 Å². The molecule has 0 N–H and O–H groups in total. The van der Waals surface area contributed by atoms with E-state index in [1.165, 1.54) is 19.3 Å². The first-order chi connectivity index (χ1) is 7.74. The zero-order valence-corrected chi connectivity index (χ0v) is 10.3. The van der Waals surface area contributed by atoms with Gasteiger partial charge in [0.15, 0.2) is 0 Å². The van der Waals surface area contributed by atoms with Crippen LogP contribution in [0, 0.1) is 11.8 Å². The summed E-state index contributed by atoms with van der Waals surface area (Å²) in [5.74, 6) is 1.43. The van der Waals surface area contributed by atoms with Crippen molar-refractivity contribution >= 4 is 28.8 Å². The Hall–Kier alpha value is -0.680. The quantitative estimate of drug-likeness (QED) is 0.774. The van der Waals surface area contributed by atoms with Gasteiger partial charge in [-0.05, 0) is 36.3 Å². The highest BCUT2D eigenvalue weighted by molar-refractivity contribution is 7.17. The van der Waals surface area contributed by atoms with Crippen molar-refractivity contribution in [1.82, 2.24) is 15.1 Å². The molecular formula is C10H12ClN3OS. The summed E-state index contributed by atoms with van der Waals surface area (Å²) in [5, 5.41) is 7.89. The monoisotopic (exact) mass is 257 g/mol. The number of hydrogen-bond acceptors (Lipinski definition) is 4. The lowest BCUT2D eigenvalue weighted by Crippen LogP contribution is -2.29. The lowest BCUT2D eigenvalue weighted by atomic mass is 10.0. The number of amides is 1. The van der Waals surface area contributed by atoms with Gasteiger partial charge in [0.1, 0.15) is 0 Å². The van der Waals surface area contributed by atoms with Crippen LogP contribution in [-0.4, -0.2) is 34.1 Å². The lowest BCUT2D eigenvalue weighted by molar-refractivity contribution is 0.0779. The molecule has 2 aliphatic rings. The second kappa shape index (κ2) is 3.96. The number of nitrogens with zero attached hydrogens (tertiary/aromatic N) is 3. The van der Waals surface area contributed by atoms with Crippen LogP contribution in [0.3, 0.4) is 0 Å². The Morgan fingerprint density at radius 3 is 2.56 bits per heavy atom. The third kappa shape index (κ3) is 1.72. The zero-order valence-electron chi connectivity index (χ0n) is 8.73. The molecule has 16 heavy (non-hydrogen) atoms. The molecule has 1 saturated carbocycles. The van der Waals surface area contributed by atoms with Crippen LogP contribution in [0.25, 0.3) is 0 Å². The van der Waals surface area contributed by atoms with Crippen LogP contribution < -0.4 is 0 Å². The molecule has 2 atom stereocenters. The summed E-state index contributed by atoms with van der Waals surface area (Å²) >= 11 is 6.84. The third-order valence-electron chi connectivity index (χ3n) is 3.60. The van der Waals surface area contributed by atoms with Gasteiger partial charge in [-0.1, -0.05) is 17.8 Å². The van der Waals surface area contributed by atoms with Crippen LogP contribution in [0.15, 0.2) is 0 Å². The van der Waals surface area contributed by atoms with E-state index in [1.807, 2.05) is 4.90 Å². The van der Waals surface area contributed by atoms with Gasteiger partial charge in [-0.3, -0.25) is 4.79 Å². The van der Waals surface area contributed by atoms with Crippen LogP contribution in [0.4, 0.5) is 0 Å². The Kier molecular flexibility index (Phi) is 2.59. The number of aromatic nitrogens is 2. The molecule has 2 heterocycles. The van der Waals surface area contributed by atoms with Crippen molar-refractivity contribution in [2.45, 2.75) is 19.3 Å². The minimum atomic E-state index is -0.00111. The predicted octanol–water partition coefficient (Wildman–Crippen LogP) is 2.06. The Morgan fingerprint density at radius 1 is 1.31 bits per heavy atom. The molecule has 0 spiro atoms. The highest BCUT2D eigenvalue weighted by Crippen LogP contribution is 2.38. The molecule has 1 aromatic heterocycles. The summed E-state index contributed by atoms with van der Waals surface area (Å²) in [7, 11) is 0. The molecule has 2 unspecified atom stereocenters. The summed E-state index contributed by atoms with van der Waals surface area (Å²) in [5.41, 5.74) is 0. The standard InChI is InChI=1S/C10H12ClN3OS/c11-10-13-12-8(16-10)9(15)14-4-6-2-1-3-7(6)5-14/h6-7H,1-5H2. The molecule has 86 valence electrons. The highest BCUT2D eigenvalue weighted by Gasteiger charge is 2.38. The van der Waals surface area contributed by atoms with Crippen LogP contribution in [-0.2, 0) is 0 Å². The predicted molar refractivity (Wildman–Crippen MR) is 61.7 cm³/mol. The van der Waals surface area contributed by atoms with Crippen molar-refractivity contribution < 1.29 is 4.79 Å². The summed E-state index contributed by atoms with van der Waals surface area (Å²) in [6.07, 6.45) is 3.86. The van der Waals surface area contributed by atoms with E-state index in [4.69, 9.17) is 11.6 Å². The van der Waals surface area contributed by atoms with E-state index in [-0.39, 0.29) is 5.91 Å².